The number of alkyl halides is 3. The molecule has 9 heteroatoms. The van der Waals surface area contributed by atoms with Crippen LogP contribution in [0.15, 0.2) is 18.2 Å². The summed E-state index contributed by atoms with van der Waals surface area (Å²) in [6, 6.07) is 2.68. The summed E-state index contributed by atoms with van der Waals surface area (Å²) in [5.41, 5.74) is -1.26. The fourth-order valence-corrected chi connectivity index (χ4v) is 2.20. The van der Waals surface area contributed by atoms with Crippen LogP contribution in [0.2, 0.25) is 0 Å². The average molecular weight is 326 g/mol. The smallest absolute Gasteiger partial charge is 0.365 e. The van der Waals surface area contributed by atoms with Crippen LogP contribution in [0, 0.1) is 10.1 Å². The van der Waals surface area contributed by atoms with Crippen molar-refractivity contribution >= 4 is 23.8 Å². The lowest BCUT2D eigenvalue weighted by Crippen LogP contribution is -2.28. The molecule has 1 fully saturated rings. The fourth-order valence-electron chi connectivity index (χ4n) is 2.20. The minimum Gasteiger partial charge on any atom is -0.365 e. The largest absolute Gasteiger partial charge is 0.416 e. The maximum absolute atomic E-state index is 12.6. The molecule has 0 unspecified atom stereocenters. The van der Waals surface area contributed by atoms with Gasteiger partial charge in [-0.2, -0.15) is 13.2 Å². The summed E-state index contributed by atoms with van der Waals surface area (Å²) < 4.78 is 37.9. The normalized spacial score (nSPS) is 16.0. The molecule has 1 aliphatic heterocycles. The van der Waals surface area contributed by atoms with Crippen molar-refractivity contribution in [1.82, 2.24) is 5.32 Å². The van der Waals surface area contributed by atoms with Crippen LogP contribution in [0.4, 0.5) is 24.5 Å². The second-order valence-electron chi connectivity index (χ2n) is 4.55. The second kappa shape index (κ2) is 6.95. The highest BCUT2D eigenvalue weighted by molar-refractivity contribution is 5.85. The average Bonchev–Trinajstić information content (AvgIpc) is 2.65. The SMILES string of the molecule is Cl.O=[N+]([O-])c1cc(C(F)(F)F)ccc1N1CCCNCC1. The number of nitrogens with zero attached hydrogens (tertiary/aromatic N) is 2. The van der Waals surface area contributed by atoms with Gasteiger partial charge >= 0.3 is 6.18 Å². The molecule has 1 N–H and O–H groups in total. The summed E-state index contributed by atoms with van der Waals surface area (Å²) >= 11 is 0. The number of hydrogen-bond donors (Lipinski definition) is 1. The third-order valence-electron chi connectivity index (χ3n) is 3.18. The van der Waals surface area contributed by atoms with E-state index in [-0.39, 0.29) is 18.1 Å². The third-order valence-corrected chi connectivity index (χ3v) is 3.18. The van der Waals surface area contributed by atoms with Gasteiger partial charge in [0.25, 0.3) is 5.69 Å². The highest BCUT2D eigenvalue weighted by Crippen LogP contribution is 2.36. The van der Waals surface area contributed by atoms with E-state index in [2.05, 4.69) is 5.32 Å². The zero-order chi connectivity index (χ0) is 14.8. The Hall–Kier alpha value is -1.54. The van der Waals surface area contributed by atoms with Crippen molar-refractivity contribution in [3.63, 3.8) is 0 Å². The first-order valence-electron chi connectivity index (χ1n) is 6.21. The van der Waals surface area contributed by atoms with Gasteiger partial charge in [0.05, 0.1) is 10.5 Å². The lowest BCUT2D eigenvalue weighted by atomic mass is 10.1. The van der Waals surface area contributed by atoms with E-state index >= 15 is 0 Å². The molecule has 1 heterocycles. The molecule has 0 radical (unpaired) electrons. The monoisotopic (exact) mass is 325 g/mol. The first-order chi connectivity index (χ1) is 9.39. The molecule has 0 aliphatic carbocycles. The predicted molar refractivity (Wildman–Crippen MR) is 75.0 cm³/mol. The number of benzene rings is 1. The van der Waals surface area contributed by atoms with Crippen LogP contribution in [0.3, 0.4) is 0 Å². The van der Waals surface area contributed by atoms with E-state index in [1.165, 1.54) is 6.07 Å². The first kappa shape index (κ1) is 17.5. The van der Waals surface area contributed by atoms with Gasteiger partial charge in [0, 0.05) is 25.7 Å². The molecule has 0 amide bonds. The van der Waals surface area contributed by atoms with E-state index in [0.717, 1.165) is 19.0 Å². The van der Waals surface area contributed by atoms with Crippen molar-refractivity contribution in [3.8, 4) is 0 Å². The van der Waals surface area contributed by atoms with Gasteiger partial charge in [0.2, 0.25) is 0 Å². The van der Waals surface area contributed by atoms with Gasteiger partial charge in [-0.1, -0.05) is 0 Å². The van der Waals surface area contributed by atoms with Crippen molar-refractivity contribution in [1.29, 1.82) is 0 Å². The Balaban J connectivity index is 0.00000220. The summed E-state index contributed by atoms with van der Waals surface area (Å²) in [6.45, 7) is 2.56. The first-order valence-corrected chi connectivity index (χ1v) is 6.21. The predicted octanol–water partition coefficient (Wildman–Crippen LogP) is 2.84. The highest BCUT2D eigenvalue weighted by atomic mass is 35.5. The Morgan fingerprint density at radius 1 is 1.24 bits per heavy atom. The van der Waals surface area contributed by atoms with Crippen molar-refractivity contribution < 1.29 is 18.1 Å². The van der Waals surface area contributed by atoms with Crippen LogP contribution < -0.4 is 10.2 Å². The van der Waals surface area contributed by atoms with E-state index in [1.54, 1.807) is 4.90 Å². The van der Waals surface area contributed by atoms with Gasteiger partial charge < -0.3 is 10.2 Å². The highest BCUT2D eigenvalue weighted by Gasteiger charge is 2.33. The number of anilines is 1. The van der Waals surface area contributed by atoms with Crippen molar-refractivity contribution in [3.05, 3.63) is 33.9 Å². The van der Waals surface area contributed by atoms with Crippen LogP contribution >= 0.6 is 12.4 Å². The molecule has 2 rings (SSSR count). The summed E-state index contributed by atoms with van der Waals surface area (Å²) in [5.74, 6) is 0. The van der Waals surface area contributed by atoms with E-state index in [1.807, 2.05) is 0 Å². The number of halogens is 4. The Labute approximate surface area is 125 Å². The summed E-state index contributed by atoms with van der Waals surface area (Å²) in [7, 11) is 0. The quantitative estimate of drug-likeness (QED) is 0.671. The number of nitro groups is 1. The Morgan fingerprint density at radius 2 is 1.95 bits per heavy atom. The summed E-state index contributed by atoms with van der Waals surface area (Å²) in [6.07, 6.45) is -3.79. The van der Waals surface area contributed by atoms with Crippen molar-refractivity contribution in [2.24, 2.45) is 0 Å². The van der Waals surface area contributed by atoms with Crippen molar-refractivity contribution in [2.75, 3.05) is 31.1 Å². The molecule has 0 bridgehead atoms. The molecule has 1 saturated heterocycles. The molecule has 1 aromatic rings. The molecule has 0 aromatic heterocycles. The van der Waals surface area contributed by atoms with Gasteiger partial charge in [-0.3, -0.25) is 10.1 Å². The molecule has 5 nitrogen and oxygen atoms in total. The van der Waals surface area contributed by atoms with Gasteiger partial charge in [0.1, 0.15) is 5.69 Å². The van der Waals surface area contributed by atoms with Crippen LogP contribution in [0.1, 0.15) is 12.0 Å². The van der Waals surface area contributed by atoms with Gasteiger partial charge in [-0.25, -0.2) is 0 Å². The number of nitrogens with one attached hydrogen (secondary N) is 1. The fraction of sp³-hybridized carbons (Fsp3) is 0.500. The minimum atomic E-state index is -4.58. The molecule has 21 heavy (non-hydrogen) atoms. The van der Waals surface area contributed by atoms with E-state index in [9.17, 15) is 23.3 Å². The standard InChI is InChI=1S/C12H14F3N3O2.ClH/c13-12(14,15)9-2-3-10(11(8-9)18(19)20)17-6-1-4-16-5-7-17;/h2-3,8,16H,1,4-7H2;1H. The maximum Gasteiger partial charge on any atom is 0.416 e. The van der Waals surface area contributed by atoms with Crippen LogP contribution in [-0.2, 0) is 6.18 Å². The second-order valence-corrected chi connectivity index (χ2v) is 4.55. The molecule has 118 valence electrons. The van der Waals surface area contributed by atoms with Gasteiger partial charge in [-0.05, 0) is 25.1 Å². The summed E-state index contributed by atoms with van der Waals surface area (Å²) in [5, 5.41) is 14.2. The third kappa shape index (κ3) is 4.21. The van der Waals surface area contributed by atoms with Gasteiger partial charge in [0.15, 0.2) is 0 Å². The Morgan fingerprint density at radius 3 is 2.57 bits per heavy atom. The summed E-state index contributed by atoms with van der Waals surface area (Å²) in [4.78, 5) is 12.0. The molecule has 0 spiro atoms. The van der Waals surface area contributed by atoms with E-state index < -0.39 is 22.4 Å². The zero-order valence-electron chi connectivity index (χ0n) is 11.0. The zero-order valence-corrected chi connectivity index (χ0v) is 11.8. The molecular formula is C12H15ClF3N3O2. The lowest BCUT2D eigenvalue weighted by molar-refractivity contribution is -0.384. The topological polar surface area (TPSA) is 58.4 Å². The molecule has 1 aliphatic rings. The van der Waals surface area contributed by atoms with E-state index in [4.69, 9.17) is 0 Å². The number of hydrogen-bond acceptors (Lipinski definition) is 4. The number of nitro benzene ring substituents is 1. The molecular weight excluding hydrogens is 311 g/mol. The van der Waals surface area contributed by atoms with E-state index in [0.29, 0.717) is 25.7 Å². The number of rotatable bonds is 2. The Bertz CT molecular complexity index is 503. The van der Waals surface area contributed by atoms with Crippen LogP contribution in [-0.4, -0.2) is 31.1 Å². The van der Waals surface area contributed by atoms with Crippen LogP contribution in [0.5, 0.6) is 0 Å². The molecule has 0 atom stereocenters. The van der Waals surface area contributed by atoms with Crippen LogP contribution in [0.25, 0.3) is 0 Å². The van der Waals surface area contributed by atoms with Gasteiger partial charge in [-0.15, -0.1) is 12.4 Å². The molecule has 1 aromatic carbocycles. The lowest BCUT2D eigenvalue weighted by Gasteiger charge is -2.22. The minimum absolute atomic E-state index is 0. The Kier molecular flexibility index (Phi) is 5.79. The molecule has 0 saturated carbocycles. The maximum atomic E-state index is 12.6. The van der Waals surface area contributed by atoms with Crippen molar-refractivity contribution in [2.45, 2.75) is 12.6 Å².